The van der Waals surface area contributed by atoms with Crippen molar-refractivity contribution in [3.05, 3.63) is 34.9 Å². The molecule has 1 heterocycles. The van der Waals surface area contributed by atoms with E-state index in [0.717, 1.165) is 24.5 Å². The smallest absolute Gasteiger partial charge is 0.234 e. The van der Waals surface area contributed by atoms with Crippen LogP contribution in [0.3, 0.4) is 0 Å². The molecule has 1 fully saturated rings. The fraction of sp³-hybridized carbons (Fsp3) is 0.533. The van der Waals surface area contributed by atoms with E-state index in [1.165, 1.54) is 5.56 Å². The molecule has 2 rings (SSSR count). The predicted octanol–water partition coefficient (Wildman–Crippen LogP) is 1.72. The quantitative estimate of drug-likeness (QED) is 0.899. The van der Waals surface area contributed by atoms with Crippen LogP contribution in [0.1, 0.15) is 12.5 Å². The van der Waals surface area contributed by atoms with E-state index in [1.807, 2.05) is 31.2 Å². The van der Waals surface area contributed by atoms with Crippen molar-refractivity contribution in [1.82, 2.24) is 10.2 Å². The highest BCUT2D eigenvalue weighted by Gasteiger charge is 2.18. The summed E-state index contributed by atoms with van der Waals surface area (Å²) in [6, 6.07) is 7.71. The molecule has 20 heavy (non-hydrogen) atoms. The van der Waals surface area contributed by atoms with E-state index in [-0.39, 0.29) is 12.0 Å². The van der Waals surface area contributed by atoms with E-state index in [9.17, 15) is 4.79 Å². The van der Waals surface area contributed by atoms with Crippen molar-refractivity contribution in [2.45, 2.75) is 19.4 Å². The lowest BCUT2D eigenvalue weighted by atomic mass is 10.1. The monoisotopic (exact) mass is 296 g/mol. The molecule has 0 aliphatic carbocycles. The lowest BCUT2D eigenvalue weighted by Crippen LogP contribution is -2.46. The van der Waals surface area contributed by atoms with Crippen molar-refractivity contribution < 1.29 is 9.53 Å². The van der Waals surface area contributed by atoms with Gasteiger partial charge in [0.15, 0.2) is 0 Å². The third-order valence-corrected chi connectivity index (χ3v) is 3.59. The van der Waals surface area contributed by atoms with E-state index < -0.39 is 0 Å². The Morgan fingerprint density at radius 3 is 2.90 bits per heavy atom. The molecule has 4 nitrogen and oxygen atoms in total. The molecule has 0 radical (unpaired) electrons. The van der Waals surface area contributed by atoms with Crippen molar-refractivity contribution in [1.29, 1.82) is 0 Å². The first kappa shape index (κ1) is 15.3. The molecule has 0 bridgehead atoms. The number of carbonyl (C=O) groups excluding carboxylic acids is 1. The summed E-state index contributed by atoms with van der Waals surface area (Å²) < 4.78 is 5.45. The van der Waals surface area contributed by atoms with Gasteiger partial charge in [0.1, 0.15) is 0 Å². The summed E-state index contributed by atoms with van der Waals surface area (Å²) in [4.78, 5) is 14.0. The Kier molecular flexibility index (Phi) is 5.83. The van der Waals surface area contributed by atoms with Crippen molar-refractivity contribution in [3.63, 3.8) is 0 Å². The number of amides is 1. The van der Waals surface area contributed by atoms with E-state index in [1.54, 1.807) is 0 Å². The highest BCUT2D eigenvalue weighted by Crippen LogP contribution is 2.09. The summed E-state index contributed by atoms with van der Waals surface area (Å²) in [5.74, 6) is 0.0769. The molecule has 0 aromatic heterocycles. The van der Waals surface area contributed by atoms with Gasteiger partial charge in [-0.1, -0.05) is 23.7 Å². The van der Waals surface area contributed by atoms with E-state index in [2.05, 4.69) is 10.2 Å². The van der Waals surface area contributed by atoms with Crippen LogP contribution in [0.25, 0.3) is 0 Å². The van der Waals surface area contributed by atoms with E-state index in [0.29, 0.717) is 19.7 Å². The van der Waals surface area contributed by atoms with Crippen LogP contribution in [0.2, 0.25) is 5.02 Å². The van der Waals surface area contributed by atoms with Gasteiger partial charge in [-0.3, -0.25) is 9.69 Å². The van der Waals surface area contributed by atoms with Crippen LogP contribution in [0, 0.1) is 0 Å². The van der Waals surface area contributed by atoms with Crippen molar-refractivity contribution in [2.24, 2.45) is 0 Å². The normalized spacial score (nSPS) is 19.8. The molecule has 1 aliphatic heterocycles. The minimum atomic E-state index is 0.0769. The minimum Gasteiger partial charge on any atom is -0.376 e. The number of benzene rings is 1. The van der Waals surface area contributed by atoms with Gasteiger partial charge >= 0.3 is 0 Å². The van der Waals surface area contributed by atoms with Crippen LogP contribution < -0.4 is 5.32 Å². The molecule has 1 saturated heterocycles. The maximum Gasteiger partial charge on any atom is 0.234 e. The number of halogens is 1. The van der Waals surface area contributed by atoms with Crippen LogP contribution in [0.15, 0.2) is 24.3 Å². The maximum absolute atomic E-state index is 11.8. The summed E-state index contributed by atoms with van der Waals surface area (Å²) >= 11 is 5.83. The Bertz CT molecular complexity index is 436. The molecule has 0 saturated carbocycles. The number of nitrogens with zero attached hydrogens (tertiary/aromatic N) is 1. The first-order valence-corrected chi connectivity index (χ1v) is 7.36. The molecule has 1 aromatic rings. The van der Waals surface area contributed by atoms with Gasteiger partial charge in [-0.15, -0.1) is 0 Å². The summed E-state index contributed by atoms with van der Waals surface area (Å²) in [5.41, 5.74) is 1.18. The van der Waals surface area contributed by atoms with Crippen molar-refractivity contribution >= 4 is 17.5 Å². The maximum atomic E-state index is 11.8. The fourth-order valence-electron chi connectivity index (χ4n) is 2.29. The zero-order valence-corrected chi connectivity index (χ0v) is 12.5. The number of ether oxygens (including phenoxy) is 1. The highest BCUT2D eigenvalue weighted by molar-refractivity contribution is 6.30. The lowest BCUT2D eigenvalue weighted by Gasteiger charge is -2.30. The second kappa shape index (κ2) is 7.62. The largest absolute Gasteiger partial charge is 0.376 e. The molecule has 1 aliphatic rings. The van der Waals surface area contributed by atoms with E-state index >= 15 is 0 Å². The van der Waals surface area contributed by atoms with Crippen LogP contribution in [0.5, 0.6) is 0 Å². The van der Waals surface area contributed by atoms with Crippen LogP contribution >= 0.6 is 11.6 Å². The third-order valence-electron chi connectivity index (χ3n) is 3.34. The Labute approximate surface area is 125 Å². The minimum absolute atomic E-state index is 0.0769. The average Bonchev–Trinajstić information content (AvgIpc) is 2.41. The third kappa shape index (κ3) is 5.12. The van der Waals surface area contributed by atoms with Crippen molar-refractivity contribution in [2.75, 3.05) is 32.8 Å². The van der Waals surface area contributed by atoms with Gasteiger partial charge in [-0.25, -0.2) is 0 Å². The molecule has 1 amide bonds. The van der Waals surface area contributed by atoms with Gasteiger partial charge in [-0.2, -0.15) is 0 Å². The summed E-state index contributed by atoms with van der Waals surface area (Å²) in [7, 11) is 0. The molecular formula is C15H21ClN2O2. The van der Waals surface area contributed by atoms with Crippen LogP contribution in [-0.4, -0.2) is 49.7 Å². The average molecular weight is 297 g/mol. The molecule has 0 spiro atoms. The number of hydrogen-bond donors (Lipinski definition) is 1. The van der Waals surface area contributed by atoms with Crippen LogP contribution in [-0.2, 0) is 16.0 Å². The fourth-order valence-corrected chi connectivity index (χ4v) is 2.42. The predicted molar refractivity (Wildman–Crippen MR) is 80.0 cm³/mol. The standard InChI is InChI=1S/C15H21ClN2O2/c1-12-10-18(8-9-20-12)11-15(19)17-7-6-13-2-4-14(16)5-3-13/h2-5,12H,6-11H2,1H3,(H,17,19). The summed E-state index contributed by atoms with van der Waals surface area (Å²) in [6.07, 6.45) is 1.04. The Hall–Kier alpha value is -1.10. The van der Waals surface area contributed by atoms with Gasteiger partial charge in [0.25, 0.3) is 0 Å². The van der Waals surface area contributed by atoms with Gasteiger partial charge in [0.05, 0.1) is 19.3 Å². The Balaban J connectivity index is 1.66. The second-order valence-corrected chi connectivity index (χ2v) is 5.58. The SMILES string of the molecule is CC1CN(CC(=O)NCCc2ccc(Cl)cc2)CCO1. The molecule has 1 atom stereocenters. The molecule has 1 N–H and O–H groups in total. The highest BCUT2D eigenvalue weighted by atomic mass is 35.5. The van der Waals surface area contributed by atoms with Crippen LogP contribution in [0.4, 0.5) is 0 Å². The Morgan fingerprint density at radius 2 is 2.20 bits per heavy atom. The molecular weight excluding hydrogens is 276 g/mol. The number of carbonyl (C=O) groups is 1. The number of nitrogens with one attached hydrogen (secondary N) is 1. The summed E-state index contributed by atoms with van der Waals surface area (Å²) in [5, 5.41) is 3.69. The lowest BCUT2D eigenvalue weighted by molar-refractivity contribution is -0.124. The number of rotatable bonds is 5. The first-order chi connectivity index (χ1) is 9.63. The molecule has 1 unspecified atom stereocenters. The second-order valence-electron chi connectivity index (χ2n) is 5.14. The Morgan fingerprint density at radius 1 is 1.45 bits per heavy atom. The van der Waals surface area contributed by atoms with Crippen molar-refractivity contribution in [3.8, 4) is 0 Å². The van der Waals surface area contributed by atoms with Gasteiger partial charge in [0.2, 0.25) is 5.91 Å². The zero-order chi connectivity index (χ0) is 14.4. The zero-order valence-electron chi connectivity index (χ0n) is 11.8. The number of morpholine rings is 1. The topological polar surface area (TPSA) is 41.6 Å². The molecule has 5 heteroatoms. The summed E-state index contributed by atoms with van der Waals surface area (Å²) in [6.45, 7) is 5.50. The van der Waals surface area contributed by atoms with Gasteiger partial charge in [0, 0.05) is 24.7 Å². The molecule has 110 valence electrons. The van der Waals surface area contributed by atoms with E-state index in [4.69, 9.17) is 16.3 Å². The first-order valence-electron chi connectivity index (χ1n) is 6.98. The molecule has 1 aromatic carbocycles. The number of hydrogen-bond acceptors (Lipinski definition) is 3. The van der Waals surface area contributed by atoms with Gasteiger partial charge < -0.3 is 10.1 Å². The van der Waals surface area contributed by atoms with Gasteiger partial charge in [-0.05, 0) is 31.0 Å².